The van der Waals surface area contributed by atoms with E-state index in [-0.39, 0.29) is 10.4 Å². The predicted molar refractivity (Wildman–Crippen MR) is 83.5 cm³/mol. The van der Waals surface area contributed by atoms with Gasteiger partial charge in [-0.15, -0.1) is 0 Å². The van der Waals surface area contributed by atoms with Crippen LogP contribution in [0.3, 0.4) is 0 Å². The lowest BCUT2D eigenvalue weighted by Crippen LogP contribution is -2.18. The number of thioether (sulfide) groups is 1. The van der Waals surface area contributed by atoms with Crippen LogP contribution in [-0.2, 0) is 4.79 Å². The zero-order valence-electron chi connectivity index (χ0n) is 12.4. The Morgan fingerprint density at radius 2 is 1.68 bits per heavy atom. The first-order valence-corrected chi connectivity index (χ1v) is 8.68. The minimum atomic E-state index is 0.0246. The Morgan fingerprint density at radius 3 is 2.21 bits per heavy atom. The Balaban J connectivity index is 2.44. The standard InChI is InChI=1S/C16H28O2S/c1-3-5-7-9-11-13(10-8-6-4-2)16-14(17)12-15(18)19-16/h12-13,16-17H,3-11H2,1-2H3. The van der Waals surface area contributed by atoms with Crippen molar-refractivity contribution in [2.24, 2.45) is 5.92 Å². The van der Waals surface area contributed by atoms with Gasteiger partial charge in [0.2, 0.25) is 5.12 Å². The first-order valence-electron chi connectivity index (χ1n) is 7.80. The molecule has 2 atom stereocenters. The van der Waals surface area contributed by atoms with Crippen LogP contribution in [0.15, 0.2) is 11.8 Å². The van der Waals surface area contributed by atoms with Crippen molar-refractivity contribution in [2.75, 3.05) is 0 Å². The summed E-state index contributed by atoms with van der Waals surface area (Å²) in [5.41, 5.74) is 0. The minimum Gasteiger partial charge on any atom is -0.511 e. The van der Waals surface area contributed by atoms with Crippen molar-refractivity contribution in [3.63, 3.8) is 0 Å². The highest BCUT2D eigenvalue weighted by molar-refractivity contribution is 8.15. The predicted octanol–water partition coefficient (Wildman–Crippen LogP) is 5.24. The summed E-state index contributed by atoms with van der Waals surface area (Å²) in [6, 6.07) is 0. The number of rotatable bonds is 10. The largest absolute Gasteiger partial charge is 0.511 e. The van der Waals surface area contributed by atoms with Crippen molar-refractivity contribution in [1.82, 2.24) is 0 Å². The maximum atomic E-state index is 11.4. The molecule has 19 heavy (non-hydrogen) atoms. The van der Waals surface area contributed by atoms with Gasteiger partial charge in [0.15, 0.2) is 0 Å². The highest BCUT2D eigenvalue weighted by Gasteiger charge is 2.32. The van der Waals surface area contributed by atoms with Gasteiger partial charge in [0.1, 0.15) is 5.76 Å². The number of aliphatic hydroxyl groups excluding tert-OH is 1. The Kier molecular flexibility index (Phi) is 8.27. The summed E-state index contributed by atoms with van der Waals surface area (Å²) in [4.78, 5) is 11.4. The molecule has 1 aliphatic rings. The molecule has 0 radical (unpaired) electrons. The van der Waals surface area contributed by atoms with Crippen molar-refractivity contribution in [2.45, 2.75) is 76.9 Å². The normalized spacial score (nSPS) is 20.6. The van der Waals surface area contributed by atoms with Gasteiger partial charge in [0.05, 0.1) is 5.25 Å². The molecule has 0 aliphatic carbocycles. The number of carbonyl (C=O) groups excluding carboxylic acids is 1. The molecule has 1 heterocycles. The summed E-state index contributed by atoms with van der Waals surface area (Å²) in [5.74, 6) is 0.781. The molecule has 2 unspecified atom stereocenters. The zero-order chi connectivity index (χ0) is 14.1. The number of hydrogen-bond acceptors (Lipinski definition) is 3. The van der Waals surface area contributed by atoms with E-state index in [2.05, 4.69) is 13.8 Å². The highest BCUT2D eigenvalue weighted by atomic mass is 32.2. The van der Waals surface area contributed by atoms with E-state index < -0.39 is 0 Å². The smallest absolute Gasteiger partial charge is 0.216 e. The fourth-order valence-electron chi connectivity index (χ4n) is 2.70. The van der Waals surface area contributed by atoms with Crippen LogP contribution in [0.1, 0.15) is 71.6 Å². The number of hydrogen-bond donors (Lipinski definition) is 1. The summed E-state index contributed by atoms with van der Waals surface area (Å²) >= 11 is 1.32. The molecule has 0 amide bonds. The van der Waals surface area contributed by atoms with Crippen LogP contribution in [-0.4, -0.2) is 15.5 Å². The summed E-state index contributed by atoms with van der Waals surface area (Å²) in [6.45, 7) is 4.43. The molecule has 0 saturated carbocycles. The van der Waals surface area contributed by atoms with E-state index in [1.54, 1.807) is 0 Å². The summed E-state index contributed by atoms with van der Waals surface area (Å²) in [6.07, 6.45) is 12.4. The van der Waals surface area contributed by atoms with Gasteiger partial charge in [-0.2, -0.15) is 0 Å². The minimum absolute atomic E-state index is 0.0246. The molecule has 1 aliphatic heterocycles. The molecule has 0 spiro atoms. The highest BCUT2D eigenvalue weighted by Crippen LogP contribution is 2.37. The molecule has 0 aromatic carbocycles. The molecule has 0 aromatic heterocycles. The molecule has 1 N–H and O–H groups in total. The Morgan fingerprint density at radius 1 is 1.11 bits per heavy atom. The molecule has 1 rings (SSSR count). The lowest BCUT2D eigenvalue weighted by atomic mass is 9.90. The average Bonchev–Trinajstić information content (AvgIpc) is 2.71. The monoisotopic (exact) mass is 284 g/mol. The summed E-state index contributed by atoms with van der Waals surface area (Å²) in [7, 11) is 0. The third-order valence-electron chi connectivity index (χ3n) is 3.84. The summed E-state index contributed by atoms with van der Waals surface area (Å²) < 4.78 is 0. The maximum absolute atomic E-state index is 11.4. The van der Waals surface area contributed by atoms with Crippen LogP contribution in [0, 0.1) is 5.92 Å². The average molecular weight is 284 g/mol. The summed E-state index contributed by atoms with van der Waals surface area (Å²) in [5, 5.41) is 9.97. The molecular formula is C16H28O2S. The van der Waals surface area contributed by atoms with Gasteiger partial charge in [-0.25, -0.2) is 0 Å². The molecule has 3 heteroatoms. The fraction of sp³-hybridized carbons (Fsp3) is 0.812. The molecule has 2 nitrogen and oxygen atoms in total. The Bertz CT molecular complexity index is 299. The van der Waals surface area contributed by atoms with Crippen LogP contribution in [0.4, 0.5) is 0 Å². The van der Waals surface area contributed by atoms with E-state index >= 15 is 0 Å². The zero-order valence-corrected chi connectivity index (χ0v) is 13.2. The van der Waals surface area contributed by atoms with Gasteiger partial charge in [-0.05, 0) is 18.8 Å². The third-order valence-corrected chi connectivity index (χ3v) is 5.07. The second-order valence-corrected chi connectivity index (χ2v) is 6.68. The molecule has 0 bridgehead atoms. The number of aliphatic hydroxyl groups is 1. The fourth-order valence-corrected chi connectivity index (χ4v) is 3.79. The maximum Gasteiger partial charge on any atom is 0.216 e. The van der Waals surface area contributed by atoms with E-state index in [9.17, 15) is 9.90 Å². The van der Waals surface area contributed by atoms with Crippen LogP contribution in [0.2, 0.25) is 0 Å². The Labute approximate surface area is 122 Å². The quantitative estimate of drug-likeness (QED) is 0.558. The van der Waals surface area contributed by atoms with Crippen molar-refractivity contribution < 1.29 is 9.90 Å². The van der Waals surface area contributed by atoms with E-state index in [1.165, 1.54) is 62.8 Å². The van der Waals surface area contributed by atoms with E-state index in [4.69, 9.17) is 0 Å². The molecule has 0 aromatic rings. The first kappa shape index (κ1) is 16.6. The number of carbonyl (C=O) groups is 1. The first-order chi connectivity index (χ1) is 9.19. The van der Waals surface area contributed by atoms with Crippen LogP contribution in [0.5, 0.6) is 0 Å². The van der Waals surface area contributed by atoms with Crippen LogP contribution < -0.4 is 0 Å². The number of unbranched alkanes of at least 4 members (excludes halogenated alkanes) is 5. The van der Waals surface area contributed by atoms with Gasteiger partial charge < -0.3 is 5.11 Å². The van der Waals surface area contributed by atoms with Gasteiger partial charge in [-0.1, -0.05) is 70.6 Å². The van der Waals surface area contributed by atoms with Crippen molar-refractivity contribution >= 4 is 16.9 Å². The second-order valence-electron chi connectivity index (χ2n) is 5.53. The van der Waals surface area contributed by atoms with E-state index in [0.717, 1.165) is 12.8 Å². The SMILES string of the molecule is CCCCCCC(CCCCC)C1SC(=O)C=C1O. The van der Waals surface area contributed by atoms with Gasteiger partial charge in [0, 0.05) is 6.08 Å². The van der Waals surface area contributed by atoms with Crippen LogP contribution in [0.25, 0.3) is 0 Å². The van der Waals surface area contributed by atoms with E-state index in [0.29, 0.717) is 11.7 Å². The second kappa shape index (κ2) is 9.46. The molecule has 0 saturated heterocycles. The van der Waals surface area contributed by atoms with Crippen LogP contribution >= 0.6 is 11.8 Å². The van der Waals surface area contributed by atoms with Gasteiger partial charge >= 0.3 is 0 Å². The van der Waals surface area contributed by atoms with Gasteiger partial charge in [0.25, 0.3) is 0 Å². The lowest BCUT2D eigenvalue weighted by Gasteiger charge is -2.22. The third kappa shape index (κ3) is 6.03. The topological polar surface area (TPSA) is 37.3 Å². The van der Waals surface area contributed by atoms with Crippen molar-refractivity contribution in [1.29, 1.82) is 0 Å². The molecular weight excluding hydrogens is 256 g/mol. The van der Waals surface area contributed by atoms with Gasteiger partial charge in [-0.3, -0.25) is 4.79 Å². The lowest BCUT2D eigenvalue weighted by molar-refractivity contribution is -0.106. The Hall–Kier alpha value is -0.440. The van der Waals surface area contributed by atoms with Crippen molar-refractivity contribution in [3.8, 4) is 0 Å². The van der Waals surface area contributed by atoms with Crippen molar-refractivity contribution in [3.05, 3.63) is 11.8 Å². The molecule has 110 valence electrons. The molecule has 0 fully saturated rings. The van der Waals surface area contributed by atoms with E-state index in [1.807, 2.05) is 0 Å².